The molecule has 1 aliphatic heterocycles. The second-order valence-corrected chi connectivity index (χ2v) is 8.46. The number of rotatable bonds is 5. The van der Waals surface area contributed by atoms with Gasteiger partial charge in [-0.2, -0.15) is 5.10 Å². The maximum Gasteiger partial charge on any atom is 0.325 e. The molecular weight excluding hydrogens is 428 g/mol. The Morgan fingerprint density at radius 3 is 2.21 bits per heavy atom. The smallest absolute Gasteiger partial charge is 0.319 e. The Labute approximate surface area is 197 Å². The number of hydrogen-bond donors (Lipinski definition) is 2. The summed E-state index contributed by atoms with van der Waals surface area (Å²) in [6, 6.07) is 26.1. The molecule has 3 aromatic carbocycles. The molecule has 170 valence electrons. The number of fused-ring (bicyclic) bond motifs is 2. The van der Waals surface area contributed by atoms with E-state index in [1.54, 1.807) is 0 Å². The van der Waals surface area contributed by atoms with Crippen LogP contribution in [-0.4, -0.2) is 35.0 Å². The number of hydrazone groups is 1. The predicted molar refractivity (Wildman–Crippen MR) is 128 cm³/mol. The van der Waals surface area contributed by atoms with Gasteiger partial charge in [0.2, 0.25) is 0 Å². The lowest BCUT2D eigenvalue weighted by Gasteiger charge is -2.33. The van der Waals surface area contributed by atoms with E-state index in [1.807, 2.05) is 84.9 Å². The van der Waals surface area contributed by atoms with Crippen molar-refractivity contribution < 1.29 is 14.4 Å². The van der Waals surface area contributed by atoms with Crippen molar-refractivity contribution in [2.45, 2.75) is 24.8 Å². The molecule has 0 bridgehead atoms. The standard InChI is InChI=1S/C27H24N4O3/c32-23(29-30-24(20-11-3-1-4-12-20)21-13-5-2-6-14-21)18-31-25(33)27(28-26(31)34)17-9-15-19-10-7-8-16-22(19)27/h1-8,10-14,16H,9,15,17-18H2,(H,28,34)(H,29,32). The van der Waals surface area contributed by atoms with Crippen molar-refractivity contribution in [3.05, 3.63) is 107 Å². The third-order valence-corrected chi connectivity index (χ3v) is 6.34. The number of carbonyl (C=O) groups is 3. The zero-order chi connectivity index (χ0) is 23.5. The van der Waals surface area contributed by atoms with Crippen LogP contribution in [0.1, 0.15) is 35.1 Å². The lowest BCUT2D eigenvalue weighted by molar-refractivity contribution is -0.135. The molecule has 4 amide bonds. The van der Waals surface area contributed by atoms with Crippen LogP contribution >= 0.6 is 0 Å². The van der Waals surface area contributed by atoms with Gasteiger partial charge in [-0.05, 0) is 30.4 Å². The molecule has 0 saturated carbocycles. The molecule has 2 aliphatic rings. The summed E-state index contributed by atoms with van der Waals surface area (Å²) < 4.78 is 0. The first-order valence-electron chi connectivity index (χ1n) is 11.3. The Morgan fingerprint density at radius 2 is 1.53 bits per heavy atom. The van der Waals surface area contributed by atoms with E-state index in [1.165, 1.54) is 0 Å². The SMILES string of the molecule is O=C(CN1C(=O)NC2(CCCc3ccccc32)C1=O)NN=C(c1ccccc1)c1ccccc1. The maximum absolute atomic E-state index is 13.4. The summed E-state index contributed by atoms with van der Waals surface area (Å²) in [7, 11) is 0. The number of benzene rings is 3. The van der Waals surface area contributed by atoms with Crippen LogP contribution in [0.2, 0.25) is 0 Å². The number of carbonyl (C=O) groups excluding carboxylic acids is 3. The molecule has 3 aromatic rings. The van der Waals surface area contributed by atoms with Gasteiger partial charge >= 0.3 is 6.03 Å². The first kappa shape index (κ1) is 21.6. The van der Waals surface area contributed by atoms with Crippen molar-refractivity contribution in [2.75, 3.05) is 6.54 Å². The van der Waals surface area contributed by atoms with Crippen molar-refractivity contribution >= 4 is 23.6 Å². The van der Waals surface area contributed by atoms with Crippen LogP contribution in [0, 0.1) is 0 Å². The minimum atomic E-state index is -1.10. The lowest BCUT2D eigenvalue weighted by Crippen LogP contribution is -2.47. The van der Waals surface area contributed by atoms with E-state index in [0.29, 0.717) is 12.1 Å². The molecule has 5 rings (SSSR count). The van der Waals surface area contributed by atoms with Crippen molar-refractivity contribution in [3.8, 4) is 0 Å². The van der Waals surface area contributed by atoms with E-state index in [4.69, 9.17) is 0 Å². The Morgan fingerprint density at radius 1 is 0.912 bits per heavy atom. The van der Waals surface area contributed by atoms with Crippen molar-refractivity contribution in [3.63, 3.8) is 0 Å². The lowest BCUT2D eigenvalue weighted by atomic mass is 9.76. The van der Waals surface area contributed by atoms with Gasteiger partial charge in [-0.15, -0.1) is 0 Å². The monoisotopic (exact) mass is 452 g/mol. The molecule has 1 aliphatic carbocycles. The highest BCUT2D eigenvalue weighted by atomic mass is 16.2. The molecule has 34 heavy (non-hydrogen) atoms. The summed E-state index contributed by atoms with van der Waals surface area (Å²) in [4.78, 5) is 39.9. The highest BCUT2D eigenvalue weighted by molar-refractivity contribution is 6.13. The van der Waals surface area contributed by atoms with Gasteiger partial charge in [0.25, 0.3) is 11.8 Å². The zero-order valence-electron chi connectivity index (χ0n) is 18.5. The molecule has 1 atom stereocenters. The van der Waals surface area contributed by atoms with Crippen LogP contribution in [0.25, 0.3) is 0 Å². The van der Waals surface area contributed by atoms with Gasteiger partial charge < -0.3 is 5.32 Å². The fourth-order valence-corrected chi connectivity index (χ4v) is 4.74. The average Bonchev–Trinajstić information content (AvgIpc) is 3.10. The summed E-state index contributed by atoms with van der Waals surface area (Å²) in [6.45, 7) is -0.408. The Balaban J connectivity index is 1.36. The number of urea groups is 1. The number of amides is 4. The minimum Gasteiger partial charge on any atom is -0.319 e. The van der Waals surface area contributed by atoms with E-state index in [0.717, 1.165) is 40.0 Å². The van der Waals surface area contributed by atoms with E-state index < -0.39 is 29.9 Å². The van der Waals surface area contributed by atoms with Crippen molar-refractivity contribution in [1.29, 1.82) is 0 Å². The Kier molecular flexibility index (Phi) is 5.67. The third-order valence-electron chi connectivity index (χ3n) is 6.34. The number of aryl methyl sites for hydroxylation is 1. The van der Waals surface area contributed by atoms with Crippen LogP contribution in [0.5, 0.6) is 0 Å². The van der Waals surface area contributed by atoms with Gasteiger partial charge in [-0.1, -0.05) is 84.9 Å². The maximum atomic E-state index is 13.4. The summed E-state index contributed by atoms with van der Waals surface area (Å²) in [5, 5.41) is 7.21. The van der Waals surface area contributed by atoms with Gasteiger partial charge in [-0.3, -0.25) is 14.5 Å². The van der Waals surface area contributed by atoms with Crippen molar-refractivity contribution in [1.82, 2.24) is 15.6 Å². The second-order valence-electron chi connectivity index (χ2n) is 8.46. The largest absolute Gasteiger partial charge is 0.325 e. The molecule has 7 heteroatoms. The van der Waals surface area contributed by atoms with Gasteiger partial charge in [0.15, 0.2) is 0 Å². The first-order chi connectivity index (χ1) is 16.6. The number of imide groups is 1. The van der Waals surface area contributed by atoms with Gasteiger partial charge in [0.1, 0.15) is 12.1 Å². The molecule has 0 radical (unpaired) electrons. The minimum absolute atomic E-state index is 0.393. The molecule has 1 unspecified atom stereocenters. The first-order valence-corrected chi connectivity index (χ1v) is 11.3. The van der Waals surface area contributed by atoms with E-state index >= 15 is 0 Å². The molecule has 1 saturated heterocycles. The highest BCUT2D eigenvalue weighted by Crippen LogP contribution is 2.39. The summed E-state index contributed by atoms with van der Waals surface area (Å²) in [5.74, 6) is -0.941. The van der Waals surface area contributed by atoms with Gasteiger partial charge in [0.05, 0.1) is 5.71 Å². The topological polar surface area (TPSA) is 90.9 Å². The molecule has 1 fully saturated rings. The number of nitrogens with one attached hydrogen (secondary N) is 2. The van der Waals surface area contributed by atoms with E-state index in [9.17, 15) is 14.4 Å². The molecule has 1 spiro atoms. The van der Waals surface area contributed by atoms with Crippen molar-refractivity contribution in [2.24, 2.45) is 5.10 Å². The summed E-state index contributed by atoms with van der Waals surface area (Å²) in [6.07, 6.45) is 2.15. The summed E-state index contributed by atoms with van der Waals surface area (Å²) in [5.41, 5.74) is 5.55. The van der Waals surface area contributed by atoms with Crippen LogP contribution < -0.4 is 10.7 Å². The molecular formula is C27H24N4O3. The fourth-order valence-electron chi connectivity index (χ4n) is 4.74. The molecule has 1 heterocycles. The Bertz CT molecular complexity index is 1230. The van der Waals surface area contributed by atoms with E-state index in [2.05, 4.69) is 15.8 Å². The molecule has 0 aromatic heterocycles. The quantitative estimate of drug-likeness (QED) is 0.353. The van der Waals surface area contributed by atoms with Crippen LogP contribution in [0.15, 0.2) is 90.0 Å². The van der Waals surface area contributed by atoms with Gasteiger partial charge in [-0.25, -0.2) is 10.2 Å². The average molecular weight is 453 g/mol. The Hall–Kier alpha value is -4.26. The molecule has 7 nitrogen and oxygen atoms in total. The second kappa shape index (κ2) is 8.94. The van der Waals surface area contributed by atoms with Gasteiger partial charge in [0, 0.05) is 11.1 Å². The van der Waals surface area contributed by atoms with Crippen LogP contribution in [0.3, 0.4) is 0 Å². The predicted octanol–water partition coefficient (Wildman–Crippen LogP) is 3.34. The fraction of sp³-hybridized carbons (Fsp3) is 0.185. The highest BCUT2D eigenvalue weighted by Gasteiger charge is 2.54. The number of hydrogen-bond acceptors (Lipinski definition) is 4. The summed E-state index contributed by atoms with van der Waals surface area (Å²) >= 11 is 0. The normalized spacial score (nSPS) is 18.9. The number of nitrogens with zero attached hydrogens (tertiary/aromatic N) is 2. The van der Waals surface area contributed by atoms with E-state index in [-0.39, 0.29) is 0 Å². The van der Waals surface area contributed by atoms with Crippen LogP contribution in [0.4, 0.5) is 4.79 Å². The third kappa shape index (κ3) is 3.85. The van der Waals surface area contributed by atoms with Crippen LogP contribution in [-0.2, 0) is 21.5 Å². The zero-order valence-corrected chi connectivity index (χ0v) is 18.5. The molecule has 2 N–H and O–H groups in total.